The third kappa shape index (κ3) is 3.11. The third-order valence-electron chi connectivity index (χ3n) is 7.35. The zero-order valence-corrected chi connectivity index (χ0v) is 15.9. The topological polar surface area (TPSA) is 24.9 Å². The molecule has 1 atom stereocenters. The minimum Gasteiger partial charge on any atom is -0.381 e. The van der Waals surface area contributed by atoms with Crippen LogP contribution in [0.5, 0.6) is 0 Å². The zero-order chi connectivity index (χ0) is 17.4. The number of piperidine rings is 1. The first-order valence-electron chi connectivity index (χ1n) is 10.6. The Hall–Kier alpha value is -0.940. The summed E-state index contributed by atoms with van der Waals surface area (Å²) in [6.45, 7) is 8.58. The summed E-state index contributed by atoms with van der Waals surface area (Å²) in [4.78, 5) is 5.49. The van der Waals surface area contributed by atoms with Crippen molar-refractivity contribution in [3.05, 3.63) is 35.4 Å². The van der Waals surface area contributed by atoms with Gasteiger partial charge < -0.3 is 14.4 Å². The van der Waals surface area contributed by atoms with Gasteiger partial charge >= 0.3 is 0 Å². The summed E-state index contributed by atoms with van der Waals surface area (Å²) in [7, 11) is 0. The van der Waals surface area contributed by atoms with Crippen molar-refractivity contribution >= 4 is 0 Å². The fourth-order valence-electron chi connectivity index (χ4n) is 5.79. The summed E-state index contributed by atoms with van der Waals surface area (Å²) in [6, 6.07) is 10.6. The van der Waals surface area contributed by atoms with Crippen LogP contribution in [0.1, 0.15) is 43.2 Å². The van der Waals surface area contributed by atoms with Crippen molar-refractivity contribution in [3.63, 3.8) is 0 Å². The van der Waals surface area contributed by atoms with Crippen molar-refractivity contribution < 1.29 is 9.47 Å². The van der Waals surface area contributed by atoms with Crippen molar-refractivity contribution in [2.45, 2.75) is 56.1 Å². The van der Waals surface area contributed by atoms with Crippen LogP contribution in [0.15, 0.2) is 24.3 Å². The molecule has 0 bridgehead atoms. The van der Waals surface area contributed by atoms with E-state index in [2.05, 4.69) is 34.1 Å². The second kappa shape index (κ2) is 7.23. The molecule has 1 spiro atoms. The molecule has 4 heterocycles. The molecule has 4 heteroatoms. The van der Waals surface area contributed by atoms with Crippen molar-refractivity contribution in [2.24, 2.45) is 0 Å². The fourth-order valence-corrected chi connectivity index (χ4v) is 5.79. The molecule has 26 heavy (non-hydrogen) atoms. The summed E-state index contributed by atoms with van der Waals surface area (Å²) >= 11 is 0. The monoisotopic (exact) mass is 356 g/mol. The molecule has 4 aliphatic heterocycles. The van der Waals surface area contributed by atoms with Crippen LogP contribution in [-0.2, 0) is 21.4 Å². The maximum atomic E-state index is 5.71. The quantitative estimate of drug-likeness (QED) is 0.814. The lowest BCUT2D eigenvalue weighted by Gasteiger charge is -2.51. The molecule has 4 aliphatic rings. The fraction of sp³-hybridized carbons (Fsp3) is 0.727. The van der Waals surface area contributed by atoms with Crippen LogP contribution in [0.2, 0.25) is 0 Å². The lowest BCUT2D eigenvalue weighted by Crippen LogP contribution is -2.56. The number of fused-ring (bicyclic) bond motifs is 2. The molecule has 5 rings (SSSR count). The Morgan fingerprint density at radius 3 is 2.35 bits per heavy atom. The maximum Gasteiger partial charge on any atom is 0.0622 e. The number of benzene rings is 1. The minimum absolute atomic E-state index is 0.346. The van der Waals surface area contributed by atoms with E-state index >= 15 is 0 Å². The van der Waals surface area contributed by atoms with Gasteiger partial charge in [0.1, 0.15) is 0 Å². The molecule has 0 radical (unpaired) electrons. The van der Waals surface area contributed by atoms with E-state index in [4.69, 9.17) is 9.47 Å². The third-order valence-corrected chi connectivity index (χ3v) is 7.35. The van der Waals surface area contributed by atoms with E-state index in [-0.39, 0.29) is 0 Å². The highest BCUT2D eigenvalue weighted by Gasteiger charge is 2.44. The number of likely N-dealkylation sites (tertiary alicyclic amines) is 1. The highest BCUT2D eigenvalue weighted by molar-refractivity contribution is 5.38. The summed E-state index contributed by atoms with van der Waals surface area (Å²) in [5, 5.41) is 0. The average molecular weight is 357 g/mol. The standard InChI is InChI=1S/C22H32N2O2/c1-2-4-21-18(3-1)15-24(20-7-14-26-16-20)17-22(21)8-10-23(11-9-22)19-5-12-25-13-6-19/h1-4,19-20H,5-17H2. The van der Waals surface area contributed by atoms with Crippen LogP contribution in [0.4, 0.5) is 0 Å². The van der Waals surface area contributed by atoms with Crippen molar-refractivity contribution in [3.8, 4) is 0 Å². The van der Waals surface area contributed by atoms with Gasteiger partial charge in [0.15, 0.2) is 0 Å². The number of nitrogens with zero attached hydrogens (tertiary/aromatic N) is 2. The molecular weight excluding hydrogens is 324 g/mol. The molecule has 0 aliphatic carbocycles. The Kier molecular flexibility index (Phi) is 4.78. The predicted octanol–water partition coefficient (Wildman–Crippen LogP) is 2.80. The number of hydrogen-bond donors (Lipinski definition) is 0. The van der Waals surface area contributed by atoms with Gasteiger partial charge in [0.25, 0.3) is 0 Å². The van der Waals surface area contributed by atoms with Gasteiger partial charge in [0, 0.05) is 50.4 Å². The Balaban J connectivity index is 1.36. The summed E-state index contributed by atoms with van der Waals surface area (Å²) in [5.74, 6) is 0. The Morgan fingerprint density at radius 2 is 1.58 bits per heavy atom. The highest BCUT2D eigenvalue weighted by Crippen LogP contribution is 2.43. The zero-order valence-electron chi connectivity index (χ0n) is 15.9. The van der Waals surface area contributed by atoms with Gasteiger partial charge in [0.2, 0.25) is 0 Å². The molecule has 4 nitrogen and oxygen atoms in total. The second-order valence-electron chi connectivity index (χ2n) is 8.74. The lowest BCUT2D eigenvalue weighted by molar-refractivity contribution is 0.00608. The van der Waals surface area contributed by atoms with E-state index in [1.807, 2.05) is 0 Å². The van der Waals surface area contributed by atoms with Gasteiger partial charge in [-0.05, 0) is 56.3 Å². The normalized spacial score (nSPS) is 30.5. The van der Waals surface area contributed by atoms with Gasteiger partial charge in [-0.25, -0.2) is 0 Å². The van der Waals surface area contributed by atoms with Gasteiger partial charge in [0.05, 0.1) is 6.61 Å². The Labute approximate surface area is 157 Å². The molecule has 0 aromatic heterocycles. The van der Waals surface area contributed by atoms with Crippen molar-refractivity contribution in [1.29, 1.82) is 0 Å². The van der Waals surface area contributed by atoms with Crippen LogP contribution in [-0.4, -0.2) is 67.9 Å². The maximum absolute atomic E-state index is 5.71. The number of rotatable bonds is 2. The van der Waals surface area contributed by atoms with Gasteiger partial charge in [-0.3, -0.25) is 4.90 Å². The van der Waals surface area contributed by atoms with Crippen LogP contribution in [0, 0.1) is 0 Å². The second-order valence-corrected chi connectivity index (χ2v) is 8.74. The first kappa shape index (κ1) is 17.2. The molecule has 0 saturated carbocycles. The largest absolute Gasteiger partial charge is 0.381 e. The van der Waals surface area contributed by atoms with Gasteiger partial charge in [-0.15, -0.1) is 0 Å². The molecule has 1 unspecified atom stereocenters. The predicted molar refractivity (Wildman–Crippen MR) is 102 cm³/mol. The van der Waals surface area contributed by atoms with Gasteiger partial charge in [-0.2, -0.15) is 0 Å². The SMILES string of the molecule is c1ccc2c(c1)CN(C1CCOC1)CC21CCN(C2CCOCC2)CC1. The molecule has 142 valence electrons. The minimum atomic E-state index is 0.346. The average Bonchev–Trinajstić information content (AvgIpc) is 3.24. The lowest BCUT2D eigenvalue weighted by atomic mass is 9.68. The van der Waals surface area contributed by atoms with Crippen LogP contribution in [0.3, 0.4) is 0 Å². The number of hydrogen-bond acceptors (Lipinski definition) is 4. The summed E-state index contributed by atoms with van der Waals surface area (Å²) < 4.78 is 11.3. The smallest absolute Gasteiger partial charge is 0.0622 e. The summed E-state index contributed by atoms with van der Waals surface area (Å²) in [6.07, 6.45) is 6.23. The van der Waals surface area contributed by atoms with E-state index in [0.29, 0.717) is 11.5 Å². The Morgan fingerprint density at radius 1 is 0.846 bits per heavy atom. The van der Waals surface area contributed by atoms with Gasteiger partial charge in [-0.1, -0.05) is 24.3 Å². The molecule has 1 aromatic carbocycles. The van der Waals surface area contributed by atoms with E-state index in [0.717, 1.165) is 39.0 Å². The Bertz CT molecular complexity index is 614. The van der Waals surface area contributed by atoms with Crippen molar-refractivity contribution in [1.82, 2.24) is 9.80 Å². The van der Waals surface area contributed by atoms with Crippen molar-refractivity contribution in [2.75, 3.05) is 46.1 Å². The van der Waals surface area contributed by atoms with Crippen LogP contribution >= 0.6 is 0 Å². The number of ether oxygens (including phenoxy) is 2. The molecule has 3 fully saturated rings. The van der Waals surface area contributed by atoms with E-state index < -0.39 is 0 Å². The highest BCUT2D eigenvalue weighted by atomic mass is 16.5. The molecular formula is C22H32N2O2. The molecule has 0 amide bonds. The van der Waals surface area contributed by atoms with Crippen LogP contribution < -0.4 is 0 Å². The van der Waals surface area contributed by atoms with E-state index in [1.165, 1.54) is 51.7 Å². The molecule has 1 aromatic rings. The van der Waals surface area contributed by atoms with E-state index in [1.54, 1.807) is 11.1 Å². The first-order chi connectivity index (χ1) is 12.8. The first-order valence-corrected chi connectivity index (χ1v) is 10.6. The summed E-state index contributed by atoms with van der Waals surface area (Å²) in [5.41, 5.74) is 3.55. The molecule has 0 N–H and O–H groups in total. The van der Waals surface area contributed by atoms with E-state index in [9.17, 15) is 0 Å². The molecule has 3 saturated heterocycles. The van der Waals surface area contributed by atoms with Crippen LogP contribution in [0.25, 0.3) is 0 Å².